The summed E-state index contributed by atoms with van der Waals surface area (Å²) in [4.78, 5) is 15.4. The van der Waals surface area contributed by atoms with Crippen LogP contribution in [0.15, 0.2) is 11.0 Å². The molecule has 2 N–H and O–H groups in total. The highest BCUT2D eigenvalue weighted by molar-refractivity contribution is 5.10. The maximum absolute atomic E-state index is 11.5. The van der Waals surface area contributed by atoms with Crippen LogP contribution in [-0.2, 0) is 4.74 Å². The maximum atomic E-state index is 11.5. The van der Waals surface area contributed by atoms with Crippen LogP contribution in [0.2, 0.25) is 0 Å². The van der Waals surface area contributed by atoms with Crippen molar-refractivity contribution < 1.29 is 19.7 Å². The fourth-order valence-electron chi connectivity index (χ4n) is 2.04. The van der Waals surface area contributed by atoms with Crippen molar-refractivity contribution in [1.29, 1.82) is 0 Å². The second-order valence-electron chi connectivity index (χ2n) is 4.47. The first-order chi connectivity index (χ1) is 9.06. The molecule has 1 aliphatic heterocycles. The Hall–Kier alpha value is -1.44. The van der Waals surface area contributed by atoms with Crippen LogP contribution in [0, 0.1) is 6.92 Å². The highest BCUT2D eigenvalue weighted by atomic mass is 16.6. The van der Waals surface area contributed by atoms with Crippen LogP contribution in [0.3, 0.4) is 0 Å². The number of ether oxygens (including phenoxy) is 2. The summed E-state index contributed by atoms with van der Waals surface area (Å²) in [6.07, 6.45) is 0.0381. The lowest BCUT2D eigenvalue weighted by Crippen LogP contribution is -2.24. The number of rotatable bonds is 4. The standard InChI is InChI=1S/C12H18N2O5/c1-3-18-12-13-11(17)7(2)5-14(12)10-4-8(16)9(6-15)19-10/h5,8-10,15-16H,3-4,6H2,1-2H3/t8-,9-,10+/m1/s1. The Morgan fingerprint density at radius 3 is 2.95 bits per heavy atom. The van der Waals surface area contributed by atoms with Gasteiger partial charge in [-0.1, -0.05) is 0 Å². The molecule has 0 amide bonds. The van der Waals surface area contributed by atoms with Crippen molar-refractivity contribution in [2.24, 2.45) is 0 Å². The van der Waals surface area contributed by atoms with E-state index in [1.807, 2.05) is 0 Å². The predicted octanol–water partition coefficient (Wildman–Crippen LogP) is -0.409. The van der Waals surface area contributed by atoms with E-state index in [4.69, 9.17) is 14.6 Å². The van der Waals surface area contributed by atoms with Crippen molar-refractivity contribution in [2.45, 2.75) is 38.7 Å². The van der Waals surface area contributed by atoms with Crippen molar-refractivity contribution in [2.75, 3.05) is 13.2 Å². The van der Waals surface area contributed by atoms with Gasteiger partial charge in [0.05, 0.1) is 19.3 Å². The molecule has 0 aliphatic carbocycles. The number of nitrogens with zero attached hydrogens (tertiary/aromatic N) is 2. The smallest absolute Gasteiger partial charge is 0.301 e. The van der Waals surface area contributed by atoms with Gasteiger partial charge in [0, 0.05) is 18.2 Å². The Balaban J connectivity index is 2.33. The van der Waals surface area contributed by atoms with E-state index in [1.54, 1.807) is 24.6 Å². The van der Waals surface area contributed by atoms with E-state index >= 15 is 0 Å². The van der Waals surface area contributed by atoms with Crippen LogP contribution >= 0.6 is 0 Å². The summed E-state index contributed by atoms with van der Waals surface area (Å²) in [6.45, 7) is 3.55. The molecule has 0 radical (unpaired) electrons. The van der Waals surface area contributed by atoms with E-state index < -0.39 is 18.4 Å². The summed E-state index contributed by atoms with van der Waals surface area (Å²) in [6, 6.07) is 0.161. The van der Waals surface area contributed by atoms with Gasteiger partial charge in [0.2, 0.25) is 0 Å². The monoisotopic (exact) mass is 270 g/mol. The molecule has 1 saturated heterocycles. The molecule has 19 heavy (non-hydrogen) atoms. The third kappa shape index (κ3) is 2.78. The lowest BCUT2D eigenvalue weighted by molar-refractivity contribution is -0.0473. The summed E-state index contributed by atoms with van der Waals surface area (Å²) in [7, 11) is 0. The molecular formula is C12H18N2O5. The predicted molar refractivity (Wildman–Crippen MR) is 66.0 cm³/mol. The van der Waals surface area contributed by atoms with E-state index in [2.05, 4.69) is 4.98 Å². The molecule has 1 aliphatic rings. The molecule has 2 heterocycles. The SMILES string of the molecule is CCOc1nc(=O)c(C)cn1[C@@H]1C[C@@H](O)[C@@H](CO)O1. The zero-order valence-electron chi connectivity index (χ0n) is 10.9. The summed E-state index contributed by atoms with van der Waals surface area (Å²) in [5, 5.41) is 18.8. The Morgan fingerprint density at radius 2 is 2.37 bits per heavy atom. The Labute approximate surface area is 110 Å². The summed E-state index contributed by atoms with van der Waals surface area (Å²) in [5.41, 5.74) is 0.117. The average molecular weight is 270 g/mol. The van der Waals surface area contributed by atoms with Crippen LogP contribution in [0.4, 0.5) is 0 Å². The normalized spacial score (nSPS) is 26.6. The molecule has 7 heteroatoms. The third-order valence-corrected chi connectivity index (χ3v) is 3.06. The molecule has 1 fully saturated rings. The lowest BCUT2D eigenvalue weighted by Gasteiger charge is -2.19. The van der Waals surface area contributed by atoms with E-state index in [9.17, 15) is 9.90 Å². The molecule has 0 bridgehead atoms. The first-order valence-corrected chi connectivity index (χ1v) is 6.23. The van der Waals surface area contributed by atoms with Gasteiger partial charge in [-0.25, -0.2) is 0 Å². The van der Waals surface area contributed by atoms with E-state index in [-0.39, 0.29) is 18.2 Å². The average Bonchev–Trinajstić information content (AvgIpc) is 2.75. The van der Waals surface area contributed by atoms with E-state index in [1.165, 1.54) is 0 Å². The highest BCUT2D eigenvalue weighted by Gasteiger charge is 2.35. The maximum Gasteiger partial charge on any atom is 0.301 e. The zero-order chi connectivity index (χ0) is 14.0. The minimum absolute atomic E-state index is 0.161. The van der Waals surface area contributed by atoms with Gasteiger partial charge in [-0.3, -0.25) is 9.36 Å². The number of aliphatic hydroxyl groups excluding tert-OH is 2. The third-order valence-electron chi connectivity index (χ3n) is 3.06. The van der Waals surface area contributed by atoms with Crippen molar-refractivity contribution in [3.8, 4) is 6.01 Å². The molecule has 1 aromatic rings. The van der Waals surface area contributed by atoms with E-state index in [0.29, 0.717) is 18.6 Å². The molecule has 0 spiro atoms. The quantitative estimate of drug-likeness (QED) is 0.772. The molecule has 0 aromatic carbocycles. The number of aliphatic hydroxyl groups is 2. The highest BCUT2D eigenvalue weighted by Crippen LogP contribution is 2.30. The number of hydrogen-bond acceptors (Lipinski definition) is 6. The molecular weight excluding hydrogens is 252 g/mol. The molecule has 1 aromatic heterocycles. The van der Waals surface area contributed by atoms with Gasteiger partial charge in [-0.05, 0) is 13.8 Å². The minimum atomic E-state index is -0.746. The van der Waals surface area contributed by atoms with Crippen molar-refractivity contribution in [3.05, 3.63) is 22.1 Å². The van der Waals surface area contributed by atoms with Gasteiger partial charge in [-0.15, -0.1) is 0 Å². The lowest BCUT2D eigenvalue weighted by atomic mass is 10.2. The van der Waals surface area contributed by atoms with Crippen molar-refractivity contribution in [3.63, 3.8) is 0 Å². The van der Waals surface area contributed by atoms with Crippen LogP contribution in [-0.4, -0.2) is 45.2 Å². The second kappa shape index (κ2) is 5.68. The molecule has 106 valence electrons. The minimum Gasteiger partial charge on any atom is -0.465 e. The van der Waals surface area contributed by atoms with Gasteiger partial charge in [0.15, 0.2) is 0 Å². The van der Waals surface area contributed by atoms with Gasteiger partial charge in [0.25, 0.3) is 5.56 Å². The fourth-order valence-corrected chi connectivity index (χ4v) is 2.04. The number of aryl methyl sites for hydroxylation is 1. The van der Waals surface area contributed by atoms with Gasteiger partial charge < -0.3 is 19.7 Å². The summed E-state index contributed by atoms with van der Waals surface area (Å²) in [5.74, 6) is 0. The first-order valence-electron chi connectivity index (χ1n) is 6.23. The van der Waals surface area contributed by atoms with Crippen LogP contribution in [0.25, 0.3) is 0 Å². The molecule has 3 atom stereocenters. The Bertz CT molecular complexity index is 501. The number of aromatic nitrogens is 2. The van der Waals surface area contributed by atoms with Crippen LogP contribution < -0.4 is 10.3 Å². The summed E-state index contributed by atoms with van der Waals surface area (Å²) >= 11 is 0. The van der Waals surface area contributed by atoms with Crippen molar-refractivity contribution >= 4 is 0 Å². The Morgan fingerprint density at radius 1 is 1.63 bits per heavy atom. The zero-order valence-corrected chi connectivity index (χ0v) is 10.9. The Kier molecular flexibility index (Phi) is 4.18. The van der Waals surface area contributed by atoms with E-state index in [0.717, 1.165) is 0 Å². The molecule has 7 nitrogen and oxygen atoms in total. The first kappa shape index (κ1) is 14.0. The second-order valence-corrected chi connectivity index (χ2v) is 4.47. The van der Waals surface area contributed by atoms with Crippen LogP contribution in [0.5, 0.6) is 6.01 Å². The van der Waals surface area contributed by atoms with Gasteiger partial charge >= 0.3 is 6.01 Å². The largest absolute Gasteiger partial charge is 0.465 e. The summed E-state index contributed by atoms with van der Waals surface area (Å²) < 4.78 is 12.4. The van der Waals surface area contributed by atoms with Gasteiger partial charge in [-0.2, -0.15) is 4.98 Å². The van der Waals surface area contributed by atoms with Crippen LogP contribution in [0.1, 0.15) is 25.1 Å². The fraction of sp³-hybridized carbons (Fsp3) is 0.667. The molecule has 2 rings (SSSR count). The molecule has 0 saturated carbocycles. The molecule has 0 unspecified atom stereocenters. The van der Waals surface area contributed by atoms with Crippen molar-refractivity contribution in [1.82, 2.24) is 9.55 Å². The topological polar surface area (TPSA) is 93.8 Å². The van der Waals surface area contributed by atoms with Gasteiger partial charge in [0.1, 0.15) is 12.3 Å². The number of hydrogen-bond donors (Lipinski definition) is 2.